The fraction of sp³-hybridized carbons (Fsp3) is 0.417. The summed E-state index contributed by atoms with van der Waals surface area (Å²) in [5.74, 6) is 0.530. The lowest BCUT2D eigenvalue weighted by atomic mass is 10.2. The van der Waals surface area contributed by atoms with Gasteiger partial charge in [0.15, 0.2) is 4.34 Å². The van der Waals surface area contributed by atoms with Crippen LogP contribution in [0.3, 0.4) is 0 Å². The number of fused-ring (bicyclic) bond motifs is 1. The molecule has 1 fully saturated rings. The third-order valence-corrected chi connectivity index (χ3v) is 7.72. The number of benzene rings is 2. The maximum absolute atomic E-state index is 12.1. The number of thioether (sulfide) groups is 1. The molecule has 0 saturated carbocycles. The zero-order valence-corrected chi connectivity index (χ0v) is 19.5. The normalized spacial score (nSPS) is 15.4. The molecule has 31 heavy (non-hydrogen) atoms. The molecule has 1 aromatic heterocycles. The summed E-state index contributed by atoms with van der Waals surface area (Å²) in [6, 6.07) is 18.8. The minimum absolute atomic E-state index is 0.0961. The molecular formula is C24H30N4OS2. The van der Waals surface area contributed by atoms with Gasteiger partial charge in [0.2, 0.25) is 5.91 Å². The number of thiazole rings is 1. The van der Waals surface area contributed by atoms with E-state index in [0.29, 0.717) is 5.75 Å². The minimum atomic E-state index is 0.0961. The molecular weight excluding hydrogens is 424 g/mol. The molecule has 0 unspecified atom stereocenters. The Balaban J connectivity index is 1.04. The Labute approximate surface area is 192 Å². The topological polar surface area (TPSA) is 48.5 Å². The number of carbonyl (C=O) groups is 1. The molecule has 1 N–H and O–H groups in total. The summed E-state index contributed by atoms with van der Waals surface area (Å²) in [4.78, 5) is 21.8. The smallest absolute Gasteiger partial charge is 0.230 e. The van der Waals surface area contributed by atoms with Crippen molar-refractivity contribution in [3.63, 3.8) is 0 Å². The monoisotopic (exact) mass is 454 g/mol. The van der Waals surface area contributed by atoms with Crippen molar-refractivity contribution in [2.45, 2.75) is 23.7 Å². The van der Waals surface area contributed by atoms with E-state index in [9.17, 15) is 4.79 Å². The summed E-state index contributed by atoms with van der Waals surface area (Å²) in [5, 5.41) is 3.05. The van der Waals surface area contributed by atoms with Crippen molar-refractivity contribution in [1.29, 1.82) is 0 Å². The number of nitrogens with zero attached hydrogens (tertiary/aromatic N) is 3. The second kappa shape index (κ2) is 11.6. The first kappa shape index (κ1) is 22.3. The van der Waals surface area contributed by atoms with Crippen LogP contribution in [0.1, 0.15) is 18.4 Å². The Kier molecular flexibility index (Phi) is 8.35. The molecule has 1 saturated heterocycles. The predicted molar refractivity (Wildman–Crippen MR) is 131 cm³/mol. The molecule has 2 aromatic carbocycles. The van der Waals surface area contributed by atoms with Crippen molar-refractivity contribution in [2.24, 2.45) is 0 Å². The van der Waals surface area contributed by atoms with Crippen molar-refractivity contribution in [1.82, 2.24) is 20.1 Å². The summed E-state index contributed by atoms with van der Waals surface area (Å²) in [7, 11) is 0. The van der Waals surface area contributed by atoms with Crippen molar-refractivity contribution in [3.8, 4) is 0 Å². The molecule has 7 heteroatoms. The Hall–Kier alpha value is -1.93. The van der Waals surface area contributed by atoms with E-state index in [0.717, 1.165) is 68.5 Å². The largest absolute Gasteiger partial charge is 0.355 e. The summed E-state index contributed by atoms with van der Waals surface area (Å²) < 4.78 is 2.13. The summed E-state index contributed by atoms with van der Waals surface area (Å²) in [5.41, 5.74) is 2.41. The average Bonchev–Trinajstić information content (AvgIpc) is 3.22. The lowest BCUT2D eigenvalue weighted by molar-refractivity contribution is -0.118. The van der Waals surface area contributed by atoms with Crippen molar-refractivity contribution < 1.29 is 4.79 Å². The van der Waals surface area contributed by atoms with E-state index in [-0.39, 0.29) is 5.91 Å². The fourth-order valence-corrected chi connectivity index (χ4v) is 5.69. The Morgan fingerprint density at radius 2 is 1.71 bits per heavy atom. The number of amides is 1. The maximum atomic E-state index is 12.1. The molecule has 164 valence electrons. The lowest BCUT2D eigenvalue weighted by Crippen LogP contribution is -2.46. The first-order valence-electron chi connectivity index (χ1n) is 11.0. The van der Waals surface area contributed by atoms with Crippen LogP contribution in [0, 0.1) is 0 Å². The van der Waals surface area contributed by atoms with Gasteiger partial charge < -0.3 is 10.2 Å². The number of carbonyl (C=O) groups excluding carboxylic acids is 1. The van der Waals surface area contributed by atoms with E-state index in [1.165, 1.54) is 22.0 Å². The molecule has 0 radical (unpaired) electrons. The standard InChI is InChI=1S/C24H30N4OS2/c29-23(19-30-24-26-21-10-4-5-11-22(21)31-24)25-12-6-7-13-27-14-16-28(17-15-27)18-20-8-2-1-3-9-20/h1-5,8-11H,6-7,12-19H2,(H,25,29). The van der Waals surface area contributed by atoms with Crippen LogP contribution in [0.2, 0.25) is 0 Å². The van der Waals surface area contributed by atoms with Crippen LogP contribution in [0.4, 0.5) is 0 Å². The van der Waals surface area contributed by atoms with Gasteiger partial charge in [-0.3, -0.25) is 9.69 Å². The molecule has 4 rings (SSSR count). The van der Waals surface area contributed by atoms with Crippen molar-refractivity contribution in [3.05, 3.63) is 60.2 Å². The van der Waals surface area contributed by atoms with Gasteiger partial charge in [0.25, 0.3) is 0 Å². The Morgan fingerprint density at radius 3 is 2.52 bits per heavy atom. The van der Waals surface area contributed by atoms with Crippen LogP contribution in [0.25, 0.3) is 10.2 Å². The second-order valence-corrected chi connectivity index (χ2v) is 10.1. The highest BCUT2D eigenvalue weighted by atomic mass is 32.2. The average molecular weight is 455 g/mol. The lowest BCUT2D eigenvalue weighted by Gasteiger charge is -2.34. The number of rotatable bonds is 10. The first-order chi connectivity index (χ1) is 15.3. The van der Waals surface area contributed by atoms with Gasteiger partial charge in [-0.05, 0) is 37.1 Å². The van der Waals surface area contributed by atoms with E-state index in [2.05, 4.69) is 56.5 Å². The fourth-order valence-electron chi connectivity index (χ4n) is 3.79. The van der Waals surface area contributed by atoms with Gasteiger partial charge in [-0.15, -0.1) is 11.3 Å². The number of unbranched alkanes of at least 4 members (excludes halogenated alkanes) is 1. The van der Waals surface area contributed by atoms with E-state index in [4.69, 9.17) is 0 Å². The Morgan fingerprint density at radius 1 is 0.968 bits per heavy atom. The van der Waals surface area contributed by atoms with Crippen LogP contribution in [-0.4, -0.2) is 65.7 Å². The number of nitrogens with one attached hydrogen (secondary N) is 1. The number of piperazine rings is 1. The van der Waals surface area contributed by atoms with E-state index < -0.39 is 0 Å². The van der Waals surface area contributed by atoms with Gasteiger partial charge in [0.1, 0.15) is 0 Å². The molecule has 2 heterocycles. The molecule has 1 amide bonds. The third kappa shape index (κ3) is 7.04. The summed E-state index contributed by atoms with van der Waals surface area (Å²) >= 11 is 3.17. The van der Waals surface area contributed by atoms with Gasteiger partial charge in [0, 0.05) is 39.3 Å². The number of aromatic nitrogens is 1. The molecule has 0 bridgehead atoms. The molecule has 1 aliphatic heterocycles. The molecule has 0 aliphatic carbocycles. The number of para-hydroxylation sites is 1. The first-order valence-corrected chi connectivity index (χ1v) is 12.8. The molecule has 0 atom stereocenters. The highest BCUT2D eigenvalue weighted by Gasteiger charge is 2.16. The maximum Gasteiger partial charge on any atom is 0.230 e. The Bertz CT molecular complexity index is 921. The quantitative estimate of drug-likeness (QED) is 0.369. The SMILES string of the molecule is O=C(CSc1nc2ccccc2s1)NCCCCN1CCN(Cc2ccccc2)CC1. The van der Waals surface area contributed by atoms with E-state index in [1.54, 1.807) is 11.3 Å². The van der Waals surface area contributed by atoms with Gasteiger partial charge in [-0.1, -0.05) is 54.2 Å². The van der Waals surface area contributed by atoms with Gasteiger partial charge in [-0.25, -0.2) is 4.98 Å². The van der Waals surface area contributed by atoms with E-state index >= 15 is 0 Å². The van der Waals surface area contributed by atoms with Crippen LogP contribution in [-0.2, 0) is 11.3 Å². The van der Waals surface area contributed by atoms with Crippen molar-refractivity contribution in [2.75, 3.05) is 45.0 Å². The zero-order chi connectivity index (χ0) is 21.3. The summed E-state index contributed by atoms with van der Waals surface area (Å²) in [6.07, 6.45) is 2.16. The second-order valence-electron chi connectivity index (χ2n) is 7.90. The molecule has 1 aliphatic rings. The van der Waals surface area contributed by atoms with Gasteiger partial charge in [-0.2, -0.15) is 0 Å². The minimum Gasteiger partial charge on any atom is -0.355 e. The number of hydrogen-bond acceptors (Lipinski definition) is 6. The number of hydrogen-bond donors (Lipinski definition) is 1. The summed E-state index contributed by atoms with van der Waals surface area (Å²) in [6.45, 7) is 7.47. The predicted octanol–water partition coefficient (Wildman–Crippen LogP) is 4.10. The molecule has 5 nitrogen and oxygen atoms in total. The van der Waals surface area contributed by atoms with E-state index in [1.807, 2.05) is 18.2 Å². The highest BCUT2D eigenvalue weighted by molar-refractivity contribution is 8.01. The van der Waals surface area contributed by atoms with Crippen LogP contribution >= 0.6 is 23.1 Å². The highest BCUT2D eigenvalue weighted by Crippen LogP contribution is 2.28. The third-order valence-electron chi connectivity index (χ3n) is 5.54. The van der Waals surface area contributed by atoms with Crippen molar-refractivity contribution >= 4 is 39.2 Å². The van der Waals surface area contributed by atoms with Gasteiger partial charge >= 0.3 is 0 Å². The molecule has 0 spiro atoms. The van der Waals surface area contributed by atoms with Crippen LogP contribution < -0.4 is 5.32 Å². The zero-order valence-electron chi connectivity index (χ0n) is 17.8. The van der Waals surface area contributed by atoms with Crippen LogP contribution in [0.15, 0.2) is 58.9 Å². The van der Waals surface area contributed by atoms with Gasteiger partial charge in [0.05, 0.1) is 16.0 Å². The van der Waals surface area contributed by atoms with Crippen LogP contribution in [0.5, 0.6) is 0 Å². The molecule has 3 aromatic rings.